The van der Waals surface area contributed by atoms with E-state index in [1.165, 1.54) is 0 Å². The van der Waals surface area contributed by atoms with E-state index in [1.807, 2.05) is 43.3 Å². The van der Waals surface area contributed by atoms with Crippen molar-refractivity contribution in [2.75, 3.05) is 6.54 Å². The Morgan fingerprint density at radius 3 is 2.75 bits per heavy atom. The SMILES string of the molecule is Cc1c(-c2ccccc2)cccc1-c1nc2cc3c(c(F)c2o1)CCC3NCCC(=O)O. The lowest BCUT2D eigenvalue weighted by Crippen LogP contribution is -2.22. The topological polar surface area (TPSA) is 75.4 Å². The Bertz CT molecular complexity index is 1310. The van der Waals surface area contributed by atoms with Crippen LogP contribution in [0.25, 0.3) is 33.7 Å². The fraction of sp³-hybridized carbons (Fsp3) is 0.231. The van der Waals surface area contributed by atoms with Crippen LogP contribution in [0.15, 0.2) is 59.0 Å². The van der Waals surface area contributed by atoms with Crippen LogP contribution in [-0.4, -0.2) is 22.6 Å². The molecule has 2 N–H and O–H groups in total. The molecule has 0 saturated heterocycles. The van der Waals surface area contributed by atoms with Crippen LogP contribution in [0.1, 0.15) is 35.6 Å². The summed E-state index contributed by atoms with van der Waals surface area (Å²) in [7, 11) is 0. The molecule has 5 rings (SSSR count). The molecule has 0 fully saturated rings. The van der Waals surface area contributed by atoms with E-state index in [2.05, 4.69) is 28.5 Å². The van der Waals surface area contributed by atoms with Gasteiger partial charge in [-0.15, -0.1) is 0 Å². The number of carboxylic acid groups (broad SMARTS) is 1. The molecule has 1 heterocycles. The molecule has 4 aromatic rings. The number of aliphatic carboxylic acids is 1. The van der Waals surface area contributed by atoms with Gasteiger partial charge in [0.2, 0.25) is 5.89 Å². The maximum atomic E-state index is 15.3. The highest BCUT2D eigenvalue weighted by Gasteiger charge is 2.29. The largest absolute Gasteiger partial charge is 0.481 e. The zero-order valence-electron chi connectivity index (χ0n) is 17.7. The van der Waals surface area contributed by atoms with Gasteiger partial charge in [0.1, 0.15) is 5.52 Å². The Balaban J connectivity index is 1.53. The van der Waals surface area contributed by atoms with Crippen LogP contribution >= 0.6 is 0 Å². The smallest absolute Gasteiger partial charge is 0.304 e. The van der Waals surface area contributed by atoms with E-state index < -0.39 is 5.97 Å². The van der Waals surface area contributed by atoms with Gasteiger partial charge in [0.15, 0.2) is 11.4 Å². The Kier molecular flexibility index (Phi) is 5.23. The van der Waals surface area contributed by atoms with Gasteiger partial charge in [-0.3, -0.25) is 4.79 Å². The molecule has 0 bridgehead atoms. The average Bonchev–Trinajstić information content (AvgIpc) is 3.39. The number of benzene rings is 3. The van der Waals surface area contributed by atoms with Crippen LogP contribution in [0.3, 0.4) is 0 Å². The minimum Gasteiger partial charge on any atom is -0.481 e. The van der Waals surface area contributed by atoms with Crippen LogP contribution in [0, 0.1) is 12.7 Å². The fourth-order valence-corrected chi connectivity index (χ4v) is 4.57. The standard InChI is InChI=1S/C26H23FN2O3/c1-15-17(16-6-3-2-4-7-16)8-5-9-18(15)26-29-22-14-20-19(24(27)25(22)32-26)10-11-21(20)28-13-12-23(30)31/h2-9,14,21,28H,10-13H2,1H3,(H,30,31). The first-order valence-corrected chi connectivity index (χ1v) is 10.8. The molecule has 0 aliphatic heterocycles. The number of hydrogen-bond acceptors (Lipinski definition) is 4. The number of carboxylic acids is 1. The first-order chi connectivity index (χ1) is 15.5. The second-order valence-electron chi connectivity index (χ2n) is 8.16. The number of aromatic nitrogens is 1. The van der Waals surface area contributed by atoms with Crippen LogP contribution in [-0.2, 0) is 11.2 Å². The van der Waals surface area contributed by atoms with Crippen LogP contribution in [0.4, 0.5) is 4.39 Å². The quantitative estimate of drug-likeness (QED) is 0.413. The van der Waals surface area contributed by atoms with Crippen molar-refractivity contribution in [3.05, 3.63) is 77.1 Å². The molecule has 32 heavy (non-hydrogen) atoms. The van der Waals surface area contributed by atoms with Gasteiger partial charge in [-0.1, -0.05) is 42.5 Å². The highest BCUT2D eigenvalue weighted by atomic mass is 19.1. The number of fused-ring (bicyclic) bond motifs is 2. The third kappa shape index (κ3) is 3.56. The van der Waals surface area contributed by atoms with Gasteiger partial charge in [0.25, 0.3) is 0 Å². The van der Waals surface area contributed by atoms with Crippen molar-refractivity contribution < 1.29 is 18.7 Å². The molecular formula is C26H23FN2O3. The lowest BCUT2D eigenvalue weighted by molar-refractivity contribution is -0.136. The third-order valence-corrected chi connectivity index (χ3v) is 6.20. The van der Waals surface area contributed by atoms with Crippen molar-refractivity contribution >= 4 is 17.1 Å². The van der Waals surface area contributed by atoms with E-state index in [0.29, 0.717) is 29.9 Å². The highest BCUT2D eigenvalue weighted by molar-refractivity contribution is 5.82. The lowest BCUT2D eigenvalue weighted by Gasteiger charge is -2.13. The van der Waals surface area contributed by atoms with Gasteiger partial charge in [-0.25, -0.2) is 9.37 Å². The molecule has 1 aliphatic carbocycles. The number of rotatable bonds is 6. The summed E-state index contributed by atoms with van der Waals surface area (Å²) in [4.78, 5) is 15.4. The number of oxazole rings is 1. The number of halogens is 1. The minimum atomic E-state index is -0.855. The van der Waals surface area contributed by atoms with Gasteiger partial charge in [-0.05, 0) is 59.7 Å². The van der Waals surface area contributed by atoms with Crippen LogP contribution < -0.4 is 5.32 Å². The van der Waals surface area contributed by atoms with Crippen molar-refractivity contribution in [1.29, 1.82) is 0 Å². The predicted octanol–water partition coefficient (Wildman–Crippen LogP) is 5.66. The van der Waals surface area contributed by atoms with Gasteiger partial charge in [-0.2, -0.15) is 0 Å². The van der Waals surface area contributed by atoms with E-state index >= 15 is 4.39 Å². The second kappa shape index (κ2) is 8.20. The molecule has 162 valence electrons. The molecule has 0 radical (unpaired) electrons. The number of nitrogens with one attached hydrogen (secondary N) is 1. The highest BCUT2D eigenvalue weighted by Crippen LogP contribution is 2.39. The maximum absolute atomic E-state index is 15.3. The molecule has 1 aliphatic rings. The zero-order valence-corrected chi connectivity index (χ0v) is 17.7. The third-order valence-electron chi connectivity index (χ3n) is 6.20. The van der Waals surface area contributed by atoms with E-state index in [4.69, 9.17) is 9.52 Å². The normalized spacial score (nSPS) is 15.2. The van der Waals surface area contributed by atoms with Gasteiger partial charge in [0, 0.05) is 18.2 Å². The maximum Gasteiger partial charge on any atom is 0.304 e. The molecule has 0 amide bonds. The van der Waals surface area contributed by atoms with Crippen molar-refractivity contribution in [3.63, 3.8) is 0 Å². The minimum absolute atomic E-state index is 0.0295. The fourth-order valence-electron chi connectivity index (χ4n) is 4.57. The van der Waals surface area contributed by atoms with E-state index in [-0.39, 0.29) is 23.9 Å². The molecule has 1 unspecified atom stereocenters. The molecule has 3 aromatic carbocycles. The van der Waals surface area contributed by atoms with Crippen LogP contribution in [0.2, 0.25) is 0 Å². The first kappa shape index (κ1) is 20.4. The van der Waals surface area contributed by atoms with Crippen molar-refractivity contribution in [1.82, 2.24) is 10.3 Å². The summed E-state index contributed by atoms with van der Waals surface area (Å²) in [5, 5.41) is 12.1. The molecule has 0 saturated carbocycles. The van der Waals surface area contributed by atoms with E-state index in [0.717, 1.165) is 34.2 Å². The lowest BCUT2D eigenvalue weighted by atomic mass is 9.96. The summed E-state index contributed by atoms with van der Waals surface area (Å²) >= 11 is 0. The Labute approximate surface area is 184 Å². The Morgan fingerprint density at radius 1 is 1.19 bits per heavy atom. The van der Waals surface area contributed by atoms with Crippen molar-refractivity contribution in [3.8, 4) is 22.6 Å². The summed E-state index contributed by atoms with van der Waals surface area (Å²) in [6.45, 7) is 2.36. The zero-order chi connectivity index (χ0) is 22.2. The molecule has 6 heteroatoms. The Morgan fingerprint density at radius 2 is 1.97 bits per heavy atom. The summed E-state index contributed by atoms with van der Waals surface area (Å²) < 4.78 is 21.3. The summed E-state index contributed by atoms with van der Waals surface area (Å²) in [6, 6.07) is 17.8. The average molecular weight is 430 g/mol. The predicted molar refractivity (Wildman–Crippen MR) is 121 cm³/mol. The number of carbonyl (C=O) groups is 1. The van der Waals surface area contributed by atoms with Crippen LogP contribution in [0.5, 0.6) is 0 Å². The van der Waals surface area contributed by atoms with E-state index in [1.54, 1.807) is 0 Å². The monoisotopic (exact) mass is 430 g/mol. The Hall–Kier alpha value is -3.51. The molecule has 5 nitrogen and oxygen atoms in total. The van der Waals surface area contributed by atoms with Gasteiger partial charge in [0.05, 0.1) is 6.42 Å². The first-order valence-electron chi connectivity index (χ1n) is 10.8. The molecule has 1 atom stereocenters. The van der Waals surface area contributed by atoms with Gasteiger partial charge >= 0.3 is 5.97 Å². The molecule has 1 aromatic heterocycles. The van der Waals surface area contributed by atoms with Crippen molar-refractivity contribution in [2.24, 2.45) is 0 Å². The van der Waals surface area contributed by atoms with E-state index in [9.17, 15) is 4.79 Å². The summed E-state index contributed by atoms with van der Waals surface area (Å²) in [6.07, 6.45) is 1.34. The van der Waals surface area contributed by atoms with Gasteiger partial charge < -0.3 is 14.8 Å². The summed E-state index contributed by atoms with van der Waals surface area (Å²) in [5.74, 6) is -0.824. The number of nitrogens with zero attached hydrogens (tertiary/aromatic N) is 1. The molecular weight excluding hydrogens is 407 g/mol. The second-order valence-corrected chi connectivity index (χ2v) is 8.16. The summed E-state index contributed by atoms with van der Waals surface area (Å²) in [5.41, 5.74) is 6.16. The molecule has 0 spiro atoms. The number of hydrogen-bond donors (Lipinski definition) is 2. The van der Waals surface area contributed by atoms with Crippen molar-refractivity contribution in [2.45, 2.75) is 32.2 Å².